The van der Waals surface area contributed by atoms with Crippen LogP contribution in [0.2, 0.25) is 0 Å². The maximum Gasteiger partial charge on any atom is 0.255 e. The normalized spacial score (nSPS) is 19.6. The molecule has 1 N–H and O–H groups in total. The monoisotopic (exact) mass is 418 g/mol. The maximum atomic E-state index is 14.3. The third-order valence-electron chi connectivity index (χ3n) is 6.29. The number of aryl methyl sites for hydroxylation is 1. The van der Waals surface area contributed by atoms with Crippen LogP contribution in [-0.2, 0) is 11.8 Å². The minimum Gasteiger partial charge on any atom is -0.381 e. The lowest BCUT2D eigenvalue weighted by Crippen LogP contribution is -2.59. The van der Waals surface area contributed by atoms with Crippen molar-refractivity contribution in [2.24, 2.45) is 7.05 Å². The number of hydrogen-bond donors (Lipinski definition) is 1. The van der Waals surface area contributed by atoms with E-state index in [9.17, 15) is 13.6 Å². The zero-order chi connectivity index (χ0) is 21.1. The van der Waals surface area contributed by atoms with E-state index in [0.29, 0.717) is 19.8 Å². The summed E-state index contributed by atoms with van der Waals surface area (Å²) in [4.78, 5) is 15.6. The number of nitrogens with one attached hydrogen (secondary N) is 1. The van der Waals surface area contributed by atoms with E-state index in [1.54, 1.807) is 13.2 Å². The number of piperidine rings is 1. The summed E-state index contributed by atoms with van der Waals surface area (Å²) in [7, 11) is 1.68. The Bertz CT molecular complexity index is 903. The Hall–Kier alpha value is -2.32. The van der Waals surface area contributed by atoms with Crippen molar-refractivity contribution in [3.8, 4) is 11.3 Å². The summed E-state index contributed by atoms with van der Waals surface area (Å²) in [5.74, 6) is -1.71. The van der Waals surface area contributed by atoms with Crippen molar-refractivity contribution in [1.29, 1.82) is 0 Å². The van der Waals surface area contributed by atoms with Crippen molar-refractivity contribution in [2.75, 3.05) is 32.8 Å². The van der Waals surface area contributed by atoms with E-state index in [0.717, 1.165) is 32.0 Å². The quantitative estimate of drug-likeness (QED) is 0.811. The summed E-state index contributed by atoms with van der Waals surface area (Å²) in [6.07, 6.45) is 6.92. The number of amides is 1. The average Bonchev–Trinajstić information content (AvgIpc) is 3.15. The molecule has 1 amide bonds. The highest BCUT2D eigenvalue weighted by atomic mass is 19.1. The topological polar surface area (TPSA) is 59.4 Å². The molecule has 0 bridgehead atoms. The molecule has 0 radical (unpaired) electrons. The molecule has 0 spiro atoms. The van der Waals surface area contributed by atoms with Crippen LogP contribution in [0.25, 0.3) is 11.3 Å². The molecule has 4 rings (SSSR count). The molecule has 1 aromatic carbocycles. The standard InChI is InChI=1S/C22H28F2N4O2/c1-27-14-18(20(26-27)17-6-5-16(23)13-19(17)24)21(29)25-15-22(7-11-30-12-8-22)28-9-3-2-4-10-28/h5-6,13-14H,2-4,7-12,15H2,1H3,(H,25,29). The summed E-state index contributed by atoms with van der Waals surface area (Å²) in [6.45, 7) is 3.95. The second-order valence-corrected chi connectivity index (χ2v) is 8.26. The first-order valence-electron chi connectivity index (χ1n) is 10.6. The van der Waals surface area contributed by atoms with E-state index in [2.05, 4.69) is 15.3 Å². The second-order valence-electron chi connectivity index (χ2n) is 8.26. The zero-order valence-electron chi connectivity index (χ0n) is 17.3. The SMILES string of the molecule is Cn1cc(C(=O)NCC2(N3CCCCC3)CCOCC2)c(-c2ccc(F)cc2F)n1. The predicted molar refractivity (Wildman–Crippen MR) is 109 cm³/mol. The fraction of sp³-hybridized carbons (Fsp3) is 0.545. The lowest BCUT2D eigenvalue weighted by molar-refractivity contribution is -0.0349. The van der Waals surface area contributed by atoms with Crippen LogP contribution in [0, 0.1) is 11.6 Å². The minimum atomic E-state index is -0.739. The molecule has 2 aromatic rings. The molecule has 162 valence electrons. The number of carbonyl (C=O) groups excluding carboxylic acids is 1. The van der Waals surface area contributed by atoms with Crippen LogP contribution in [0.5, 0.6) is 0 Å². The van der Waals surface area contributed by atoms with E-state index < -0.39 is 11.6 Å². The summed E-state index contributed by atoms with van der Waals surface area (Å²) in [5.41, 5.74) is 0.493. The lowest BCUT2D eigenvalue weighted by atomic mass is 9.86. The molecule has 3 heterocycles. The first-order chi connectivity index (χ1) is 14.5. The van der Waals surface area contributed by atoms with E-state index >= 15 is 0 Å². The van der Waals surface area contributed by atoms with Gasteiger partial charge in [-0.3, -0.25) is 14.4 Å². The van der Waals surface area contributed by atoms with Crippen molar-refractivity contribution in [3.05, 3.63) is 41.6 Å². The zero-order valence-corrected chi connectivity index (χ0v) is 17.3. The highest BCUT2D eigenvalue weighted by molar-refractivity contribution is 5.99. The molecule has 2 saturated heterocycles. The molecule has 0 saturated carbocycles. The second kappa shape index (κ2) is 8.81. The first-order valence-corrected chi connectivity index (χ1v) is 10.6. The van der Waals surface area contributed by atoms with Gasteiger partial charge < -0.3 is 10.1 Å². The van der Waals surface area contributed by atoms with E-state index in [4.69, 9.17) is 4.74 Å². The summed E-state index contributed by atoms with van der Waals surface area (Å²) in [6, 6.07) is 3.29. The van der Waals surface area contributed by atoms with Crippen LogP contribution in [0.3, 0.4) is 0 Å². The summed E-state index contributed by atoms with van der Waals surface area (Å²) in [5, 5.41) is 7.33. The Morgan fingerprint density at radius 2 is 1.93 bits per heavy atom. The third kappa shape index (κ3) is 4.25. The number of nitrogens with zero attached hydrogens (tertiary/aromatic N) is 3. The number of hydrogen-bond acceptors (Lipinski definition) is 4. The number of carbonyl (C=O) groups is 1. The minimum absolute atomic E-state index is 0.110. The van der Waals surface area contributed by atoms with Crippen LogP contribution in [0.15, 0.2) is 24.4 Å². The largest absolute Gasteiger partial charge is 0.381 e. The van der Waals surface area contributed by atoms with Gasteiger partial charge in [-0.2, -0.15) is 5.10 Å². The number of rotatable bonds is 5. The number of likely N-dealkylation sites (tertiary alicyclic amines) is 1. The van der Waals surface area contributed by atoms with Crippen LogP contribution >= 0.6 is 0 Å². The van der Waals surface area contributed by atoms with Gasteiger partial charge in [0.15, 0.2) is 0 Å². The lowest BCUT2D eigenvalue weighted by Gasteiger charge is -2.48. The average molecular weight is 418 g/mol. The molecule has 2 aliphatic rings. The van der Waals surface area contributed by atoms with Crippen molar-refractivity contribution in [3.63, 3.8) is 0 Å². The fourth-order valence-corrected chi connectivity index (χ4v) is 4.60. The first kappa shape index (κ1) is 20.9. The molecule has 2 aliphatic heterocycles. The van der Waals surface area contributed by atoms with Gasteiger partial charge in [0.1, 0.15) is 17.3 Å². The summed E-state index contributed by atoms with van der Waals surface area (Å²) >= 11 is 0. The van der Waals surface area contributed by atoms with Gasteiger partial charge in [-0.15, -0.1) is 0 Å². The Morgan fingerprint density at radius 1 is 1.20 bits per heavy atom. The Morgan fingerprint density at radius 3 is 2.63 bits per heavy atom. The predicted octanol–water partition coefficient (Wildman–Crippen LogP) is 3.13. The fourth-order valence-electron chi connectivity index (χ4n) is 4.60. The highest BCUT2D eigenvalue weighted by Gasteiger charge is 2.39. The van der Waals surface area contributed by atoms with Gasteiger partial charge in [-0.05, 0) is 50.9 Å². The number of halogens is 2. The molecule has 1 aromatic heterocycles. The van der Waals surface area contributed by atoms with Gasteiger partial charge in [0.2, 0.25) is 0 Å². The Kier molecular flexibility index (Phi) is 6.15. The Balaban J connectivity index is 1.55. The van der Waals surface area contributed by atoms with Crippen LogP contribution in [0.4, 0.5) is 8.78 Å². The molecule has 2 fully saturated rings. The van der Waals surface area contributed by atoms with Gasteiger partial charge in [0.25, 0.3) is 5.91 Å². The smallest absolute Gasteiger partial charge is 0.255 e. The molecule has 0 unspecified atom stereocenters. The molecule has 0 aliphatic carbocycles. The number of benzene rings is 1. The van der Waals surface area contributed by atoms with Gasteiger partial charge >= 0.3 is 0 Å². The van der Waals surface area contributed by atoms with Crippen molar-refractivity contribution < 1.29 is 18.3 Å². The molecule has 0 atom stereocenters. The number of ether oxygens (including phenoxy) is 1. The van der Waals surface area contributed by atoms with Crippen molar-refractivity contribution >= 4 is 5.91 Å². The van der Waals surface area contributed by atoms with E-state index in [1.165, 1.54) is 36.1 Å². The van der Waals surface area contributed by atoms with Gasteiger partial charge in [-0.1, -0.05) is 6.42 Å². The maximum absolute atomic E-state index is 14.3. The molecular weight excluding hydrogens is 390 g/mol. The van der Waals surface area contributed by atoms with Crippen LogP contribution < -0.4 is 5.32 Å². The third-order valence-corrected chi connectivity index (χ3v) is 6.29. The van der Waals surface area contributed by atoms with Gasteiger partial charge in [0.05, 0.1) is 5.56 Å². The molecule has 30 heavy (non-hydrogen) atoms. The summed E-state index contributed by atoms with van der Waals surface area (Å²) < 4.78 is 34.7. The highest BCUT2D eigenvalue weighted by Crippen LogP contribution is 2.31. The van der Waals surface area contributed by atoms with Gasteiger partial charge in [0, 0.05) is 50.2 Å². The molecule has 6 nitrogen and oxygen atoms in total. The molecule has 8 heteroatoms. The van der Waals surface area contributed by atoms with Gasteiger partial charge in [-0.25, -0.2) is 8.78 Å². The van der Waals surface area contributed by atoms with Crippen molar-refractivity contribution in [2.45, 2.75) is 37.6 Å². The van der Waals surface area contributed by atoms with Crippen LogP contribution in [0.1, 0.15) is 42.5 Å². The Labute approximate surface area is 175 Å². The van der Waals surface area contributed by atoms with E-state index in [1.807, 2.05) is 0 Å². The number of aromatic nitrogens is 2. The molecular formula is C22H28F2N4O2. The van der Waals surface area contributed by atoms with E-state index in [-0.39, 0.29) is 28.3 Å². The van der Waals surface area contributed by atoms with Crippen LogP contribution in [-0.4, -0.2) is 59.0 Å². The van der Waals surface area contributed by atoms with Crippen molar-refractivity contribution in [1.82, 2.24) is 20.0 Å².